The van der Waals surface area contributed by atoms with Crippen LogP contribution in [0.15, 0.2) is 4.99 Å². The Hall–Kier alpha value is -1.11. The van der Waals surface area contributed by atoms with E-state index in [-0.39, 0.29) is 10.8 Å². The van der Waals surface area contributed by atoms with Crippen molar-refractivity contribution in [3.63, 3.8) is 0 Å². The highest BCUT2D eigenvalue weighted by Crippen LogP contribution is 2.29. The van der Waals surface area contributed by atoms with Gasteiger partial charge in [-0.05, 0) is 34.6 Å². The van der Waals surface area contributed by atoms with E-state index in [1.165, 1.54) is 0 Å². The number of carbonyl (C=O) groups excluding carboxylic acids is 1. The molecule has 1 rings (SSSR count). The average molecular weight is 330 g/mol. The number of amides is 1. The second-order valence-electron chi connectivity index (χ2n) is 6.93. The summed E-state index contributed by atoms with van der Waals surface area (Å²) in [5.41, 5.74) is -0.468. The van der Waals surface area contributed by atoms with Gasteiger partial charge in [0.1, 0.15) is 5.60 Å². The van der Waals surface area contributed by atoms with E-state index < -0.39 is 5.60 Å². The molecule has 22 heavy (non-hydrogen) atoms. The molecule has 1 heterocycles. The highest BCUT2D eigenvalue weighted by Gasteiger charge is 2.28. The minimum atomic E-state index is -0.468. The van der Waals surface area contributed by atoms with Crippen LogP contribution < -0.4 is 10.6 Å². The number of carbonyl (C=O) groups is 1. The van der Waals surface area contributed by atoms with Gasteiger partial charge in [0.2, 0.25) is 0 Å². The van der Waals surface area contributed by atoms with Gasteiger partial charge in [0.15, 0.2) is 5.96 Å². The zero-order valence-corrected chi connectivity index (χ0v) is 15.5. The summed E-state index contributed by atoms with van der Waals surface area (Å²) in [6.07, 6.45) is -0.389. The van der Waals surface area contributed by atoms with Crippen LogP contribution in [0.1, 0.15) is 34.6 Å². The van der Waals surface area contributed by atoms with Gasteiger partial charge < -0.3 is 20.3 Å². The van der Waals surface area contributed by atoms with Gasteiger partial charge in [0.25, 0.3) is 0 Å². The number of guanidine groups is 1. The minimum Gasteiger partial charge on any atom is -0.444 e. The van der Waals surface area contributed by atoms with Crippen molar-refractivity contribution in [3.8, 4) is 0 Å². The molecule has 128 valence electrons. The Morgan fingerprint density at radius 3 is 2.50 bits per heavy atom. The van der Waals surface area contributed by atoms with Crippen molar-refractivity contribution in [1.29, 1.82) is 0 Å². The molecule has 1 aliphatic heterocycles. The molecule has 1 aliphatic rings. The summed E-state index contributed by atoms with van der Waals surface area (Å²) >= 11 is 1.99. The molecule has 0 bridgehead atoms. The van der Waals surface area contributed by atoms with Crippen LogP contribution in [0.4, 0.5) is 4.79 Å². The molecule has 6 nitrogen and oxygen atoms in total. The van der Waals surface area contributed by atoms with E-state index in [4.69, 9.17) is 4.74 Å². The van der Waals surface area contributed by atoms with Crippen LogP contribution in [0.5, 0.6) is 0 Å². The van der Waals surface area contributed by atoms with Crippen molar-refractivity contribution >= 4 is 23.8 Å². The Morgan fingerprint density at radius 1 is 1.32 bits per heavy atom. The van der Waals surface area contributed by atoms with Gasteiger partial charge in [0, 0.05) is 43.7 Å². The first kappa shape index (κ1) is 18.9. The fourth-order valence-electron chi connectivity index (χ4n) is 2.18. The van der Waals surface area contributed by atoms with Crippen LogP contribution in [0.3, 0.4) is 0 Å². The van der Waals surface area contributed by atoms with Gasteiger partial charge in [-0.15, -0.1) is 0 Å². The number of hydrogen-bond acceptors (Lipinski definition) is 4. The predicted molar refractivity (Wildman–Crippen MR) is 93.7 cm³/mol. The third-order valence-electron chi connectivity index (χ3n) is 3.01. The number of alkyl carbamates (subject to hydrolysis) is 1. The summed E-state index contributed by atoms with van der Waals surface area (Å²) in [7, 11) is 1.79. The maximum atomic E-state index is 11.6. The molecule has 7 heteroatoms. The van der Waals surface area contributed by atoms with Crippen LogP contribution in [0.2, 0.25) is 0 Å². The lowest BCUT2D eigenvalue weighted by Crippen LogP contribution is -2.52. The zero-order chi connectivity index (χ0) is 16.8. The Kier molecular flexibility index (Phi) is 6.84. The Morgan fingerprint density at radius 2 is 1.95 bits per heavy atom. The predicted octanol–water partition coefficient (Wildman–Crippen LogP) is 1.91. The van der Waals surface area contributed by atoms with E-state index in [1.54, 1.807) is 7.05 Å². The molecule has 0 aromatic heterocycles. The van der Waals surface area contributed by atoms with Crippen molar-refractivity contribution in [3.05, 3.63) is 0 Å². The van der Waals surface area contributed by atoms with Crippen LogP contribution >= 0.6 is 11.8 Å². The first-order valence-electron chi connectivity index (χ1n) is 7.69. The Labute approximate surface area is 138 Å². The van der Waals surface area contributed by atoms with Crippen molar-refractivity contribution in [2.24, 2.45) is 4.99 Å². The fourth-order valence-corrected chi connectivity index (χ4v) is 3.29. The molecule has 1 saturated heterocycles. The van der Waals surface area contributed by atoms with Crippen LogP contribution in [-0.2, 0) is 4.74 Å². The fraction of sp³-hybridized carbons (Fsp3) is 0.867. The maximum absolute atomic E-state index is 11.6. The number of nitrogens with one attached hydrogen (secondary N) is 2. The summed E-state index contributed by atoms with van der Waals surface area (Å²) in [6, 6.07) is 0. The SMILES string of the molecule is CN=C(NCCNC(=O)OC(C)(C)C)N1CCSC(C)(C)C1. The third-order valence-corrected chi connectivity index (χ3v) is 4.31. The van der Waals surface area contributed by atoms with Crippen molar-refractivity contribution in [1.82, 2.24) is 15.5 Å². The topological polar surface area (TPSA) is 66.0 Å². The van der Waals surface area contributed by atoms with Gasteiger partial charge in [-0.2, -0.15) is 11.8 Å². The lowest BCUT2D eigenvalue weighted by molar-refractivity contribution is 0.0529. The standard InChI is InChI=1S/C15H30N4O2S/c1-14(2,3)21-13(20)18-8-7-17-12(16-6)19-9-10-22-15(4,5)11-19/h7-11H2,1-6H3,(H,16,17)(H,18,20). The molecule has 1 fully saturated rings. The van der Waals surface area contributed by atoms with Crippen LogP contribution in [-0.4, -0.2) is 66.3 Å². The average Bonchev–Trinajstić information content (AvgIpc) is 2.35. The van der Waals surface area contributed by atoms with E-state index in [0.717, 1.165) is 24.8 Å². The molecule has 0 aromatic carbocycles. The summed E-state index contributed by atoms with van der Waals surface area (Å²) in [6.45, 7) is 13.1. The van der Waals surface area contributed by atoms with Gasteiger partial charge in [0.05, 0.1) is 0 Å². The van der Waals surface area contributed by atoms with Crippen LogP contribution in [0.25, 0.3) is 0 Å². The lowest BCUT2D eigenvalue weighted by atomic mass is 10.2. The third kappa shape index (κ3) is 7.24. The maximum Gasteiger partial charge on any atom is 0.407 e. The van der Waals surface area contributed by atoms with Crippen molar-refractivity contribution in [2.45, 2.75) is 45.0 Å². The van der Waals surface area contributed by atoms with Crippen molar-refractivity contribution in [2.75, 3.05) is 39.0 Å². The number of ether oxygens (including phenoxy) is 1. The molecule has 1 amide bonds. The quantitative estimate of drug-likeness (QED) is 0.470. The molecule has 0 aliphatic carbocycles. The molecule has 2 N–H and O–H groups in total. The number of hydrogen-bond donors (Lipinski definition) is 2. The van der Waals surface area contributed by atoms with Gasteiger partial charge in [-0.25, -0.2) is 4.79 Å². The summed E-state index contributed by atoms with van der Waals surface area (Å²) < 4.78 is 5.43. The molecule has 0 spiro atoms. The summed E-state index contributed by atoms with van der Waals surface area (Å²) in [4.78, 5) is 18.2. The first-order valence-corrected chi connectivity index (χ1v) is 8.68. The minimum absolute atomic E-state index is 0.241. The molecule has 0 atom stereocenters. The van der Waals surface area contributed by atoms with Gasteiger partial charge in [-0.1, -0.05) is 0 Å². The van der Waals surface area contributed by atoms with Crippen LogP contribution in [0, 0.1) is 0 Å². The molecule has 0 aromatic rings. The summed E-state index contributed by atoms with van der Waals surface area (Å²) in [5, 5.41) is 6.03. The number of nitrogens with zero attached hydrogens (tertiary/aromatic N) is 2. The molecule has 0 unspecified atom stereocenters. The Balaban J connectivity index is 2.32. The normalized spacial score (nSPS) is 18.8. The monoisotopic (exact) mass is 330 g/mol. The molecular weight excluding hydrogens is 300 g/mol. The highest BCUT2D eigenvalue weighted by atomic mass is 32.2. The lowest BCUT2D eigenvalue weighted by Gasteiger charge is -2.39. The van der Waals surface area contributed by atoms with E-state index in [0.29, 0.717) is 13.1 Å². The second kappa shape index (κ2) is 7.94. The molecule has 0 radical (unpaired) electrons. The van der Waals surface area contributed by atoms with Gasteiger partial charge >= 0.3 is 6.09 Å². The second-order valence-corrected chi connectivity index (χ2v) is 8.73. The van der Waals surface area contributed by atoms with Crippen molar-refractivity contribution < 1.29 is 9.53 Å². The van der Waals surface area contributed by atoms with E-state index >= 15 is 0 Å². The van der Waals surface area contributed by atoms with Gasteiger partial charge in [-0.3, -0.25) is 4.99 Å². The summed E-state index contributed by atoms with van der Waals surface area (Å²) in [5.74, 6) is 1.99. The number of thioether (sulfide) groups is 1. The number of aliphatic imine (C=N–C) groups is 1. The first-order chi connectivity index (χ1) is 10.1. The van der Waals surface area contributed by atoms with E-state index in [9.17, 15) is 4.79 Å². The van der Waals surface area contributed by atoms with E-state index in [2.05, 4.69) is 34.4 Å². The number of rotatable bonds is 3. The zero-order valence-electron chi connectivity index (χ0n) is 14.7. The molecular formula is C15H30N4O2S. The highest BCUT2D eigenvalue weighted by molar-refractivity contribution is 8.00. The Bertz CT molecular complexity index is 405. The van der Waals surface area contributed by atoms with E-state index in [1.807, 2.05) is 32.5 Å². The molecule has 0 saturated carbocycles. The largest absolute Gasteiger partial charge is 0.444 e. The smallest absolute Gasteiger partial charge is 0.407 e.